The first-order chi connectivity index (χ1) is 8.29. The molecule has 1 atom stereocenters. The fourth-order valence-electron chi connectivity index (χ4n) is 1.95. The van der Waals surface area contributed by atoms with Gasteiger partial charge in [0.25, 0.3) is 5.92 Å². The molecule has 18 heavy (non-hydrogen) atoms. The van der Waals surface area contributed by atoms with Gasteiger partial charge in [-0.25, -0.2) is 8.78 Å². The molecule has 0 heterocycles. The molecule has 0 saturated carbocycles. The maximum absolute atomic E-state index is 13.4. The van der Waals surface area contributed by atoms with Gasteiger partial charge in [-0.2, -0.15) is 0 Å². The maximum atomic E-state index is 13.4. The van der Waals surface area contributed by atoms with Gasteiger partial charge in [0.1, 0.15) is 0 Å². The van der Waals surface area contributed by atoms with Crippen molar-refractivity contribution in [2.75, 3.05) is 0 Å². The van der Waals surface area contributed by atoms with Gasteiger partial charge in [0.05, 0.1) is 5.92 Å². The van der Waals surface area contributed by atoms with E-state index in [4.69, 9.17) is 5.11 Å². The smallest absolute Gasteiger partial charge is 0.311 e. The zero-order valence-electron chi connectivity index (χ0n) is 10.8. The fourth-order valence-corrected chi connectivity index (χ4v) is 1.95. The molecule has 0 aliphatic heterocycles. The summed E-state index contributed by atoms with van der Waals surface area (Å²) >= 11 is 0. The van der Waals surface area contributed by atoms with E-state index in [2.05, 4.69) is 0 Å². The number of rotatable bonds is 5. The van der Waals surface area contributed by atoms with Crippen LogP contribution in [0.3, 0.4) is 0 Å². The van der Waals surface area contributed by atoms with E-state index in [-0.39, 0.29) is 17.9 Å². The summed E-state index contributed by atoms with van der Waals surface area (Å²) in [6, 6.07) is 5.60. The number of hydrogen-bond donors (Lipinski definition) is 1. The molecule has 0 fully saturated rings. The van der Waals surface area contributed by atoms with Crippen LogP contribution in [-0.4, -0.2) is 11.1 Å². The van der Waals surface area contributed by atoms with Gasteiger partial charge in [0, 0.05) is 12.0 Å². The molecule has 0 aromatic heterocycles. The summed E-state index contributed by atoms with van der Waals surface area (Å²) in [5.74, 6) is -4.52. The van der Waals surface area contributed by atoms with Crippen LogP contribution in [0.4, 0.5) is 8.78 Å². The number of hydrogen-bond acceptors (Lipinski definition) is 1. The molecule has 1 aromatic carbocycles. The number of carboxylic acid groups (broad SMARTS) is 1. The summed E-state index contributed by atoms with van der Waals surface area (Å²) in [5.41, 5.74) is 0.495. The minimum absolute atomic E-state index is 0.0679. The number of aliphatic carboxylic acids is 1. The van der Waals surface area contributed by atoms with Crippen molar-refractivity contribution in [1.29, 1.82) is 0 Å². The second-order valence-electron chi connectivity index (χ2n) is 4.74. The highest BCUT2D eigenvalue weighted by Gasteiger charge is 2.30. The summed E-state index contributed by atoms with van der Waals surface area (Å²) in [6.45, 7) is 5.02. The van der Waals surface area contributed by atoms with Crippen LogP contribution in [0.2, 0.25) is 0 Å². The standard InChI is InChI=1S/C14H18F2O2/c1-4-14(15,16)11-7-5-10(6-8-11)12(9(2)3)13(17)18/h5-9,12H,4H2,1-3H3,(H,17,18). The molecule has 100 valence electrons. The molecule has 1 aromatic rings. The Morgan fingerprint density at radius 3 is 2.11 bits per heavy atom. The normalized spacial score (nSPS) is 13.7. The molecular formula is C14H18F2O2. The second kappa shape index (κ2) is 5.46. The SMILES string of the molecule is CCC(F)(F)c1ccc(C(C(=O)O)C(C)C)cc1. The molecule has 0 amide bonds. The number of halogens is 2. The van der Waals surface area contributed by atoms with Crippen molar-refractivity contribution in [1.82, 2.24) is 0 Å². The molecule has 0 bridgehead atoms. The number of benzene rings is 1. The predicted octanol–water partition coefficient (Wildman–Crippen LogP) is 4.01. The van der Waals surface area contributed by atoms with Gasteiger partial charge in [-0.15, -0.1) is 0 Å². The Bertz CT molecular complexity index is 410. The van der Waals surface area contributed by atoms with Crippen molar-refractivity contribution in [2.24, 2.45) is 5.92 Å². The highest BCUT2D eigenvalue weighted by molar-refractivity contribution is 5.76. The van der Waals surface area contributed by atoms with Crippen molar-refractivity contribution in [3.63, 3.8) is 0 Å². The van der Waals surface area contributed by atoms with Crippen LogP contribution in [0.15, 0.2) is 24.3 Å². The predicted molar refractivity (Wildman–Crippen MR) is 65.8 cm³/mol. The first-order valence-electron chi connectivity index (χ1n) is 6.00. The molecule has 2 nitrogen and oxygen atoms in total. The molecule has 0 spiro atoms. The van der Waals surface area contributed by atoms with Crippen molar-refractivity contribution in [2.45, 2.75) is 39.0 Å². The highest BCUT2D eigenvalue weighted by atomic mass is 19.3. The molecule has 1 rings (SSSR count). The minimum atomic E-state index is -2.85. The van der Waals surface area contributed by atoms with Gasteiger partial charge in [-0.1, -0.05) is 45.0 Å². The first kappa shape index (κ1) is 14.6. The topological polar surface area (TPSA) is 37.3 Å². The van der Waals surface area contributed by atoms with Crippen molar-refractivity contribution in [3.8, 4) is 0 Å². The van der Waals surface area contributed by atoms with Crippen LogP contribution in [0.1, 0.15) is 44.2 Å². The summed E-state index contributed by atoms with van der Waals surface area (Å²) in [5, 5.41) is 9.12. The van der Waals surface area contributed by atoms with E-state index in [0.29, 0.717) is 5.56 Å². The average Bonchev–Trinajstić information content (AvgIpc) is 2.29. The maximum Gasteiger partial charge on any atom is 0.311 e. The first-order valence-corrected chi connectivity index (χ1v) is 6.00. The number of carbonyl (C=O) groups is 1. The lowest BCUT2D eigenvalue weighted by molar-refractivity contribution is -0.139. The van der Waals surface area contributed by atoms with Crippen LogP contribution < -0.4 is 0 Å². The number of carboxylic acids is 1. The Kier molecular flexibility index (Phi) is 4.43. The molecule has 0 aliphatic carbocycles. The Hall–Kier alpha value is -1.45. The third kappa shape index (κ3) is 3.06. The summed E-state index contributed by atoms with van der Waals surface area (Å²) in [7, 11) is 0. The third-order valence-corrected chi connectivity index (χ3v) is 3.07. The van der Waals surface area contributed by atoms with Gasteiger partial charge in [-0.3, -0.25) is 4.79 Å². The fraction of sp³-hybridized carbons (Fsp3) is 0.500. The molecule has 0 radical (unpaired) electrons. The molecule has 0 saturated heterocycles. The van der Waals surface area contributed by atoms with Crippen LogP contribution in [0, 0.1) is 5.92 Å². The van der Waals surface area contributed by atoms with Crippen LogP contribution >= 0.6 is 0 Å². The summed E-state index contributed by atoms with van der Waals surface area (Å²) in [6.07, 6.45) is -0.265. The van der Waals surface area contributed by atoms with Gasteiger partial charge in [0.2, 0.25) is 0 Å². The van der Waals surface area contributed by atoms with Gasteiger partial charge in [-0.05, 0) is 11.5 Å². The molecule has 0 aliphatic rings. The Morgan fingerprint density at radius 1 is 1.28 bits per heavy atom. The quantitative estimate of drug-likeness (QED) is 0.864. The van der Waals surface area contributed by atoms with Crippen molar-refractivity contribution >= 4 is 5.97 Å². The van der Waals surface area contributed by atoms with Crippen molar-refractivity contribution in [3.05, 3.63) is 35.4 Å². The Balaban J connectivity index is 3.05. The van der Waals surface area contributed by atoms with Gasteiger partial charge < -0.3 is 5.11 Å². The van der Waals surface area contributed by atoms with E-state index in [9.17, 15) is 13.6 Å². The lowest BCUT2D eigenvalue weighted by atomic mass is 9.87. The zero-order chi connectivity index (χ0) is 13.9. The van der Waals surface area contributed by atoms with Crippen molar-refractivity contribution < 1.29 is 18.7 Å². The van der Waals surface area contributed by atoms with Gasteiger partial charge >= 0.3 is 5.97 Å². The van der Waals surface area contributed by atoms with E-state index < -0.39 is 17.8 Å². The Morgan fingerprint density at radius 2 is 1.78 bits per heavy atom. The molecular weight excluding hydrogens is 238 g/mol. The van der Waals surface area contributed by atoms with Crippen LogP contribution in [0.25, 0.3) is 0 Å². The lowest BCUT2D eigenvalue weighted by Gasteiger charge is -2.19. The molecule has 1 N–H and O–H groups in total. The second-order valence-corrected chi connectivity index (χ2v) is 4.74. The van der Waals surface area contributed by atoms with E-state index >= 15 is 0 Å². The third-order valence-electron chi connectivity index (χ3n) is 3.07. The van der Waals surface area contributed by atoms with E-state index in [0.717, 1.165) is 0 Å². The molecule has 1 unspecified atom stereocenters. The van der Waals surface area contributed by atoms with Crippen LogP contribution in [0.5, 0.6) is 0 Å². The lowest BCUT2D eigenvalue weighted by Crippen LogP contribution is -2.18. The van der Waals surface area contributed by atoms with E-state index in [1.165, 1.54) is 31.2 Å². The monoisotopic (exact) mass is 256 g/mol. The van der Waals surface area contributed by atoms with Crippen LogP contribution in [-0.2, 0) is 10.7 Å². The van der Waals surface area contributed by atoms with E-state index in [1.807, 2.05) is 0 Å². The highest BCUT2D eigenvalue weighted by Crippen LogP contribution is 2.33. The largest absolute Gasteiger partial charge is 0.481 e. The van der Waals surface area contributed by atoms with E-state index in [1.54, 1.807) is 13.8 Å². The molecule has 4 heteroatoms. The number of alkyl halides is 2. The average molecular weight is 256 g/mol. The Labute approximate surface area is 106 Å². The van der Waals surface area contributed by atoms with Gasteiger partial charge in [0.15, 0.2) is 0 Å². The summed E-state index contributed by atoms with van der Waals surface area (Å²) in [4.78, 5) is 11.1. The zero-order valence-corrected chi connectivity index (χ0v) is 10.8. The summed E-state index contributed by atoms with van der Waals surface area (Å²) < 4.78 is 26.8. The minimum Gasteiger partial charge on any atom is -0.481 e.